The van der Waals surface area contributed by atoms with E-state index in [0.29, 0.717) is 11.3 Å². The van der Waals surface area contributed by atoms with Crippen LogP contribution in [0, 0.1) is 0 Å². The van der Waals surface area contributed by atoms with E-state index in [-0.39, 0.29) is 18.3 Å². The van der Waals surface area contributed by atoms with Gasteiger partial charge in [-0.25, -0.2) is 0 Å². The van der Waals surface area contributed by atoms with Crippen molar-refractivity contribution in [2.45, 2.75) is 26.2 Å². The third kappa shape index (κ3) is 4.76. The molecule has 0 aliphatic heterocycles. The van der Waals surface area contributed by atoms with Crippen LogP contribution in [0.4, 0.5) is 5.69 Å². The van der Waals surface area contributed by atoms with E-state index in [4.69, 9.17) is 4.74 Å². The molecule has 0 heterocycles. The van der Waals surface area contributed by atoms with Gasteiger partial charge in [-0.1, -0.05) is 30.3 Å². The summed E-state index contributed by atoms with van der Waals surface area (Å²) in [6, 6.07) is 15.7. The Bertz CT molecular complexity index is 764. The predicted molar refractivity (Wildman–Crippen MR) is 95.5 cm³/mol. The lowest BCUT2D eigenvalue weighted by Crippen LogP contribution is -2.32. The molecule has 1 N–H and O–H groups in total. The fraction of sp³-hybridized carbons (Fsp3) is 0.250. The van der Waals surface area contributed by atoms with Crippen LogP contribution in [0.3, 0.4) is 0 Å². The molecular weight excluding hydrogens is 318 g/mol. The lowest BCUT2D eigenvalue weighted by molar-refractivity contribution is -0.148. The van der Waals surface area contributed by atoms with E-state index in [1.54, 1.807) is 38.1 Å². The first-order valence-electron chi connectivity index (χ1n) is 7.94. The minimum atomic E-state index is -0.837. The summed E-state index contributed by atoms with van der Waals surface area (Å²) in [7, 11) is 0. The third-order valence-electron chi connectivity index (χ3n) is 3.87. The van der Waals surface area contributed by atoms with Crippen LogP contribution in [-0.4, -0.2) is 24.3 Å². The summed E-state index contributed by atoms with van der Waals surface area (Å²) in [4.78, 5) is 35.5. The zero-order valence-corrected chi connectivity index (χ0v) is 14.5. The van der Waals surface area contributed by atoms with Gasteiger partial charge in [-0.2, -0.15) is 0 Å². The largest absolute Gasteiger partial charge is 0.457 e. The van der Waals surface area contributed by atoms with Crippen molar-refractivity contribution in [1.29, 1.82) is 0 Å². The number of carbonyl (C=O) groups is 3. The molecular formula is C20H21NO4. The molecule has 0 aromatic heterocycles. The van der Waals surface area contributed by atoms with Crippen molar-refractivity contribution in [3.63, 3.8) is 0 Å². The zero-order valence-electron chi connectivity index (χ0n) is 14.5. The molecule has 0 fully saturated rings. The number of benzene rings is 2. The number of carbonyl (C=O) groups excluding carboxylic acids is 3. The molecule has 0 bridgehead atoms. The normalized spacial score (nSPS) is 10.8. The maximum atomic E-state index is 12.4. The van der Waals surface area contributed by atoms with Crippen LogP contribution in [-0.2, 0) is 19.7 Å². The first-order valence-corrected chi connectivity index (χ1v) is 7.94. The van der Waals surface area contributed by atoms with E-state index >= 15 is 0 Å². The fourth-order valence-corrected chi connectivity index (χ4v) is 2.31. The highest BCUT2D eigenvalue weighted by atomic mass is 16.5. The summed E-state index contributed by atoms with van der Waals surface area (Å²) < 4.78 is 5.21. The molecule has 0 saturated carbocycles. The van der Waals surface area contributed by atoms with Crippen LogP contribution in [0.25, 0.3) is 0 Å². The Balaban J connectivity index is 1.97. The molecule has 2 aromatic carbocycles. The molecule has 0 saturated heterocycles. The standard InChI is InChI=1S/C20H21NO4/c1-14(22)21-17-11-9-15(10-12-17)18(23)13-25-19(24)20(2,3)16-7-5-4-6-8-16/h4-12H,13H2,1-3H3,(H,21,22). The monoisotopic (exact) mass is 339 g/mol. The molecule has 0 atom stereocenters. The number of ether oxygens (including phenoxy) is 1. The number of hydrogen-bond acceptors (Lipinski definition) is 4. The Morgan fingerprint density at radius 2 is 1.56 bits per heavy atom. The van der Waals surface area contributed by atoms with Gasteiger partial charge in [-0.3, -0.25) is 14.4 Å². The molecule has 2 rings (SSSR count). The Labute approximate surface area is 147 Å². The molecule has 5 heteroatoms. The number of esters is 1. The second-order valence-corrected chi connectivity index (χ2v) is 6.25. The first kappa shape index (κ1) is 18.4. The van der Waals surface area contributed by atoms with Crippen molar-refractivity contribution in [3.8, 4) is 0 Å². The van der Waals surface area contributed by atoms with E-state index in [1.165, 1.54) is 6.92 Å². The SMILES string of the molecule is CC(=O)Nc1ccc(C(=O)COC(=O)C(C)(C)c2ccccc2)cc1. The highest BCUT2D eigenvalue weighted by molar-refractivity contribution is 5.99. The molecule has 25 heavy (non-hydrogen) atoms. The van der Waals surface area contributed by atoms with Gasteiger partial charge >= 0.3 is 5.97 Å². The molecule has 130 valence electrons. The molecule has 1 amide bonds. The Morgan fingerprint density at radius 3 is 2.12 bits per heavy atom. The van der Waals surface area contributed by atoms with Crippen molar-refractivity contribution >= 4 is 23.3 Å². The number of rotatable bonds is 6. The molecule has 0 aliphatic carbocycles. The minimum absolute atomic E-state index is 0.184. The Hall–Kier alpha value is -2.95. The number of hydrogen-bond donors (Lipinski definition) is 1. The summed E-state index contributed by atoms with van der Waals surface area (Å²) in [5.74, 6) is -0.940. The topological polar surface area (TPSA) is 72.5 Å². The summed E-state index contributed by atoms with van der Waals surface area (Å²) >= 11 is 0. The molecule has 0 radical (unpaired) electrons. The lowest BCUT2D eigenvalue weighted by Gasteiger charge is -2.22. The summed E-state index contributed by atoms with van der Waals surface area (Å²) in [5, 5.41) is 2.62. The van der Waals surface area contributed by atoms with Gasteiger partial charge in [0.2, 0.25) is 5.91 Å². The molecule has 5 nitrogen and oxygen atoms in total. The fourth-order valence-electron chi connectivity index (χ4n) is 2.31. The van der Waals surface area contributed by atoms with Crippen LogP contribution in [0.15, 0.2) is 54.6 Å². The van der Waals surface area contributed by atoms with Crippen LogP contribution >= 0.6 is 0 Å². The summed E-state index contributed by atoms with van der Waals surface area (Å²) in [6.45, 7) is 4.61. The van der Waals surface area contributed by atoms with Crippen LogP contribution in [0.1, 0.15) is 36.7 Å². The van der Waals surface area contributed by atoms with Gasteiger partial charge in [0.05, 0.1) is 5.41 Å². The van der Waals surface area contributed by atoms with Gasteiger partial charge in [-0.05, 0) is 43.7 Å². The maximum Gasteiger partial charge on any atom is 0.316 e. The third-order valence-corrected chi connectivity index (χ3v) is 3.87. The van der Waals surface area contributed by atoms with Gasteiger partial charge in [0, 0.05) is 18.2 Å². The minimum Gasteiger partial charge on any atom is -0.457 e. The summed E-state index contributed by atoms with van der Waals surface area (Å²) in [6.07, 6.45) is 0. The number of ketones is 1. The molecule has 0 spiro atoms. The van der Waals surface area contributed by atoms with Gasteiger partial charge < -0.3 is 10.1 Å². The Kier molecular flexibility index (Phi) is 5.70. The van der Waals surface area contributed by atoms with Gasteiger partial charge in [0.1, 0.15) is 0 Å². The first-order chi connectivity index (χ1) is 11.8. The van der Waals surface area contributed by atoms with Gasteiger partial charge in [0.15, 0.2) is 12.4 Å². The van der Waals surface area contributed by atoms with Gasteiger partial charge in [-0.15, -0.1) is 0 Å². The van der Waals surface area contributed by atoms with E-state index < -0.39 is 11.4 Å². The second-order valence-electron chi connectivity index (χ2n) is 6.25. The molecule has 2 aromatic rings. The number of anilines is 1. The van der Waals surface area contributed by atoms with Crippen LogP contribution in [0.5, 0.6) is 0 Å². The van der Waals surface area contributed by atoms with Crippen molar-refractivity contribution in [1.82, 2.24) is 0 Å². The van der Waals surface area contributed by atoms with E-state index in [0.717, 1.165) is 5.56 Å². The smallest absolute Gasteiger partial charge is 0.316 e. The highest BCUT2D eigenvalue weighted by Gasteiger charge is 2.31. The average molecular weight is 339 g/mol. The van der Waals surface area contributed by atoms with Crippen molar-refractivity contribution in [3.05, 3.63) is 65.7 Å². The predicted octanol–water partition coefficient (Wildman–Crippen LogP) is 3.35. The highest BCUT2D eigenvalue weighted by Crippen LogP contribution is 2.24. The summed E-state index contributed by atoms with van der Waals surface area (Å²) in [5.41, 5.74) is 1.01. The van der Waals surface area contributed by atoms with Crippen LogP contribution < -0.4 is 5.32 Å². The zero-order chi connectivity index (χ0) is 18.4. The molecule has 0 unspecified atom stereocenters. The molecule has 0 aliphatic rings. The van der Waals surface area contributed by atoms with Gasteiger partial charge in [0.25, 0.3) is 0 Å². The van der Waals surface area contributed by atoms with E-state index in [1.807, 2.05) is 30.3 Å². The average Bonchev–Trinajstić information content (AvgIpc) is 2.60. The number of Topliss-reactive ketones (excluding diaryl/α,β-unsaturated/α-hetero) is 1. The number of nitrogens with one attached hydrogen (secondary N) is 1. The lowest BCUT2D eigenvalue weighted by atomic mass is 9.85. The van der Waals surface area contributed by atoms with E-state index in [9.17, 15) is 14.4 Å². The van der Waals surface area contributed by atoms with Crippen LogP contribution in [0.2, 0.25) is 0 Å². The number of amides is 1. The van der Waals surface area contributed by atoms with Crippen molar-refractivity contribution in [2.24, 2.45) is 0 Å². The maximum absolute atomic E-state index is 12.4. The van der Waals surface area contributed by atoms with E-state index in [2.05, 4.69) is 5.32 Å². The second kappa shape index (κ2) is 7.75. The van der Waals surface area contributed by atoms with Crippen molar-refractivity contribution in [2.75, 3.05) is 11.9 Å². The Morgan fingerprint density at radius 1 is 0.960 bits per heavy atom. The quantitative estimate of drug-likeness (QED) is 0.647. The van der Waals surface area contributed by atoms with Crippen molar-refractivity contribution < 1.29 is 19.1 Å².